The van der Waals surface area contributed by atoms with Crippen LogP contribution in [0.4, 0.5) is 0 Å². The lowest BCUT2D eigenvalue weighted by atomic mass is 9.87. The van der Waals surface area contributed by atoms with Crippen LogP contribution in [0.5, 0.6) is 5.75 Å². The fraction of sp³-hybridized carbons (Fsp3) is 0.500. The van der Waals surface area contributed by atoms with Crippen molar-refractivity contribution in [1.29, 1.82) is 0 Å². The van der Waals surface area contributed by atoms with E-state index < -0.39 is 0 Å². The largest absolute Gasteiger partial charge is 0.496 e. The molecule has 1 aliphatic heterocycles. The van der Waals surface area contributed by atoms with Gasteiger partial charge in [0.25, 0.3) is 0 Å². The van der Waals surface area contributed by atoms with E-state index in [0.29, 0.717) is 5.41 Å². The molecule has 0 unspecified atom stereocenters. The summed E-state index contributed by atoms with van der Waals surface area (Å²) in [5, 5.41) is 3.49. The maximum absolute atomic E-state index is 5.46. The topological polar surface area (TPSA) is 21.3 Å². The van der Waals surface area contributed by atoms with Crippen molar-refractivity contribution in [2.45, 2.75) is 24.8 Å². The van der Waals surface area contributed by atoms with Crippen LogP contribution in [0.1, 0.15) is 24.0 Å². The van der Waals surface area contributed by atoms with Crippen LogP contribution in [0.2, 0.25) is 0 Å². The number of hydrogen-bond acceptors (Lipinski definition) is 2. The van der Waals surface area contributed by atoms with Crippen molar-refractivity contribution in [3.8, 4) is 5.75 Å². The molecule has 1 heterocycles. The second kappa shape index (κ2) is 2.74. The van der Waals surface area contributed by atoms with Gasteiger partial charge in [-0.3, -0.25) is 0 Å². The summed E-state index contributed by atoms with van der Waals surface area (Å²) in [4.78, 5) is 0. The lowest BCUT2D eigenvalue weighted by Gasteiger charge is -2.27. The molecule has 14 heavy (non-hydrogen) atoms. The Morgan fingerprint density at radius 2 is 2.21 bits per heavy atom. The van der Waals surface area contributed by atoms with Crippen LogP contribution in [-0.2, 0) is 12.0 Å². The van der Waals surface area contributed by atoms with E-state index in [9.17, 15) is 0 Å². The Morgan fingerprint density at radius 1 is 1.36 bits per heavy atom. The SMILES string of the molecule is COc1cccc2c1C1(CC1)CNC2. The molecular weight excluding hydrogens is 174 g/mol. The van der Waals surface area contributed by atoms with Crippen LogP contribution < -0.4 is 10.1 Å². The van der Waals surface area contributed by atoms with Gasteiger partial charge in [-0.1, -0.05) is 12.1 Å². The zero-order valence-corrected chi connectivity index (χ0v) is 8.47. The van der Waals surface area contributed by atoms with E-state index in [2.05, 4.69) is 23.5 Å². The molecular formula is C12H15NO. The van der Waals surface area contributed by atoms with Crippen LogP contribution in [0.3, 0.4) is 0 Å². The fourth-order valence-electron chi connectivity index (χ4n) is 2.60. The van der Waals surface area contributed by atoms with Crippen molar-refractivity contribution < 1.29 is 4.74 Å². The van der Waals surface area contributed by atoms with Gasteiger partial charge < -0.3 is 10.1 Å². The summed E-state index contributed by atoms with van der Waals surface area (Å²) in [6.45, 7) is 2.12. The first-order valence-corrected chi connectivity index (χ1v) is 5.23. The van der Waals surface area contributed by atoms with E-state index in [0.717, 1.165) is 18.8 Å². The summed E-state index contributed by atoms with van der Waals surface area (Å²) in [5.74, 6) is 1.08. The van der Waals surface area contributed by atoms with Gasteiger partial charge in [0.15, 0.2) is 0 Å². The number of nitrogens with one attached hydrogen (secondary N) is 1. The predicted molar refractivity (Wildman–Crippen MR) is 55.6 cm³/mol. The highest BCUT2D eigenvalue weighted by atomic mass is 16.5. The van der Waals surface area contributed by atoms with Gasteiger partial charge in [-0.2, -0.15) is 0 Å². The number of fused-ring (bicyclic) bond motifs is 2. The van der Waals surface area contributed by atoms with Crippen molar-refractivity contribution in [1.82, 2.24) is 5.32 Å². The predicted octanol–water partition coefficient (Wildman–Crippen LogP) is 1.83. The molecule has 1 aromatic carbocycles. The first-order chi connectivity index (χ1) is 6.86. The minimum Gasteiger partial charge on any atom is -0.496 e. The molecule has 2 heteroatoms. The molecule has 2 aliphatic rings. The molecule has 3 rings (SSSR count). The third-order valence-corrected chi connectivity index (χ3v) is 3.50. The summed E-state index contributed by atoms with van der Waals surface area (Å²) >= 11 is 0. The minimum atomic E-state index is 0.417. The van der Waals surface area contributed by atoms with E-state index in [-0.39, 0.29) is 0 Å². The lowest BCUT2D eigenvalue weighted by Crippen LogP contribution is -2.33. The fourth-order valence-corrected chi connectivity index (χ4v) is 2.60. The van der Waals surface area contributed by atoms with E-state index in [4.69, 9.17) is 4.74 Å². The highest BCUT2D eigenvalue weighted by Gasteiger charge is 2.48. The van der Waals surface area contributed by atoms with Crippen LogP contribution in [0.25, 0.3) is 0 Å². The van der Waals surface area contributed by atoms with E-state index in [1.165, 1.54) is 24.0 Å². The first-order valence-electron chi connectivity index (χ1n) is 5.23. The van der Waals surface area contributed by atoms with Crippen LogP contribution in [0, 0.1) is 0 Å². The van der Waals surface area contributed by atoms with Gasteiger partial charge in [-0.15, -0.1) is 0 Å². The molecule has 74 valence electrons. The highest BCUT2D eigenvalue weighted by molar-refractivity contribution is 5.50. The Morgan fingerprint density at radius 3 is 2.93 bits per heavy atom. The van der Waals surface area contributed by atoms with Gasteiger partial charge in [0.1, 0.15) is 5.75 Å². The number of hydrogen-bond donors (Lipinski definition) is 1. The molecule has 0 aromatic heterocycles. The monoisotopic (exact) mass is 189 g/mol. The summed E-state index contributed by atoms with van der Waals surface area (Å²) in [7, 11) is 1.77. The molecule has 0 amide bonds. The van der Waals surface area contributed by atoms with Crippen LogP contribution in [0.15, 0.2) is 18.2 Å². The summed E-state index contributed by atoms with van der Waals surface area (Å²) < 4.78 is 5.46. The third-order valence-electron chi connectivity index (χ3n) is 3.50. The quantitative estimate of drug-likeness (QED) is 0.727. The average molecular weight is 189 g/mol. The lowest BCUT2D eigenvalue weighted by molar-refractivity contribution is 0.395. The molecule has 1 N–H and O–H groups in total. The molecule has 1 saturated carbocycles. The summed E-state index contributed by atoms with van der Waals surface area (Å²) in [6, 6.07) is 6.38. The Hall–Kier alpha value is -1.02. The number of rotatable bonds is 1. The Kier molecular flexibility index (Phi) is 1.62. The maximum Gasteiger partial charge on any atom is 0.122 e. The normalized spacial score (nSPS) is 21.8. The molecule has 1 spiro atoms. The van der Waals surface area contributed by atoms with E-state index >= 15 is 0 Å². The first kappa shape index (κ1) is 8.30. The minimum absolute atomic E-state index is 0.417. The zero-order valence-electron chi connectivity index (χ0n) is 8.47. The Labute approximate surface area is 84.3 Å². The van der Waals surface area contributed by atoms with Crippen LogP contribution in [-0.4, -0.2) is 13.7 Å². The van der Waals surface area contributed by atoms with Crippen molar-refractivity contribution in [3.05, 3.63) is 29.3 Å². The van der Waals surface area contributed by atoms with Crippen molar-refractivity contribution >= 4 is 0 Å². The third kappa shape index (κ3) is 1.01. The maximum atomic E-state index is 5.46. The molecule has 1 fully saturated rings. The van der Waals surface area contributed by atoms with Gasteiger partial charge in [-0.05, 0) is 24.5 Å². The van der Waals surface area contributed by atoms with Gasteiger partial charge >= 0.3 is 0 Å². The molecule has 1 aromatic rings. The van der Waals surface area contributed by atoms with Gasteiger partial charge in [0.2, 0.25) is 0 Å². The second-order valence-corrected chi connectivity index (χ2v) is 4.38. The standard InChI is InChI=1S/C12H15NO/c1-14-10-4-2-3-9-7-13-8-12(5-6-12)11(9)10/h2-4,13H,5-8H2,1H3. The molecule has 1 aliphatic carbocycles. The van der Waals surface area contributed by atoms with Gasteiger partial charge in [-0.25, -0.2) is 0 Å². The molecule has 0 saturated heterocycles. The number of ether oxygens (including phenoxy) is 1. The molecule has 0 atom stereocenters. The number of methoxy groups -OCH3 is 1. The number of benzene rings is 1. The average Bonchev–Trinajstić information content (AvgIpc) is 2.98. The van der Waals surface area contributed by atoms with Gasteiger partial charge in [0, 0.05) is 24.1 Å². The zero-order chi connectivity index (χ0) is 9.60. The Balaban J connectivity index is 2.18. The summed E-state index contributed by atoms with van der Waals surface area (Å²) in [5.41, 5.74) is 3.31. The van der Waals surface area contributed by atoms with Crippen molar-refractivity contribution in [3.63, 3.8) is 0 Å². The van der Waals surface area contributed by atoms with Crippen molar-refractivity contribution in [2.75, 3.05) is 13.7 Å². The molecule has 0 radical (unpaired) electrons. The van der Waals surface area contributed by atoms with E-state index in [1.807, 2.05) is 0 Å². The molecule has 0 bridgehead atoms. The highest BCUT2D eigenvalue weighted by Crippen LogP contribution is 2.53. The van der Waals surface area contributed by atoms with Crippen molar-refractivity contribution in [2.24, 2.45) is 0 Å². The Bertz CT molecular complexity index is 354. The van der Waals surface area contributed by atoms with E-state index in [1.54, 1.807) is 7.11 Å². The molecule has 2 nitrogen and oxygen atoms in total. The summed E-state index contributed by atoms with van der Waals surface area (Å²) in [6.07, 6.45) is 2.63. The second-order valence-electron chi connectivity index (χ2n) is 4.38. The van der Waals surface area contributed by atoms with Crippen LogP contribution >= 0.6 is 0 Å². The van der Waals surface area contributed by atoms with Gasteiger partial charge in [0.05, 0.1) is 7.11 Å². The smallest absolute Gasteiger partial charge is 0.122 e.